The zero-order valence-electron chi connectivity index (χ0n) is 23.5. The van der Waals surface area contributed by atoms with Gasteiger partial charge in [0.25, 0.3) is 11.5 Å². The average molecular weight is 559 g/mol. The van der Waals surface area contributed by atoms with Gasteiger partial charge in [-0.15, -0.1) is 0 Å². The lowest BCUT2D eigenvalue weighted by molar-refractivity contribution is 0.0826. The van der Waals surface area contributed by atoms with E-state index in [-0.39, 0.29) is 22.7 Å². The summed E-state index contributed by atoms with van der Waals surface area (Å²) < 4.78 is 33.7. The van der Waals surface area contributed by atoms with Crippen LogP contribution in [0.3, 0.4) is 0 Å². The number of carbonyl (C=O) groups is 1. The second-order valence-electron chi connectivity index (χ2n) is 10.9. The van der Waals surface area contributed by atoms with Crippen molar-refractivity contribution in [3.63, 3.8) is 0 Å². The number of hydrogen-bond acceptors (Lipinski definition) is 5. The molecule has 8 nitrogen and oxygen atoms in total. The summed E-state index contributed by atoms with van der Waals surface area (Å²) in [5.74, 6) is -1.90. The SMILES string of the molecule is C[C@H](c1cc2c(-n3ccc4c(c3=O)CCN4)ccnc2n1C)N1CC=C(c2c(F)cc(C(=O)N(C)C)cc2F)CC1. The van der Waals surface area contributed by atoms with Crippen LogP contribution in [-0.2, 0) is 13.5 Å². The van der Waals surface area contributed by atoms with Crippen molar-refractivity contribution in [3.05, 3.63) is 93.2 Å². The maximum Gasteiger partial charge on any atom is 0.260 e. The van der Waals surface area contributed by atoms with E-state index in [0.717, 1.165) is 52.3 Å². The summed E-state index contributed by atoms with van der Waals surface area (Å²) >= 11 is 0. The number of nitrogens with zero attached hydrogens (tertiary/aromatic N) is 5. The molecule has 2 aliphatic rings. The molecule has 1 atom stereocenters. The zero-order valence-corrected chi connectivity index (χ0v) is 23.5. The van der Waals surface area contributed by atoms with Crippen LogP contribution in [0.15, 0.2) is 53.6 Å². The zero-order chi connectivity index (χ0) is 29.0. The number of anilines is 1. The predicted octanol–water partition coefficient (Wildman–Crippen LogP) is 4.52. The highest BCUT2D eigenvalue weighted by molar-refractivity contribution is 5.94. The van der Waals surface area contributed by atoms with Crippen LogP contribution in [0.5, 0.6) is 0 Å². The smallest absolute Gasteiger partial charge is 0.260 e. The fourth-order valence-corrected chi connectivity index (χ4v) is 6.05. The van der Waals surface area contributed by atoms with Crippen molar-refractivity contribution in [1.29, 1.82) is 0 Å². The quantitative estimate of drug-likeness (QED) is 0.390. The molecule has 0 radical (unpaired) electrons. The van der Waals surface area contributed by atoms with E-state index in [1.807, 2.05) is 36.0 Å². The Morgan fingerprint density at radius 2 is 1.88 bits per heavy atom. The molecule has 6 rings (SSSR count). The molecule has 41 heavy (non-hydrogen) atoms. The first-order valence-electron chi connectivity index (χ1n) is 13.7. The second kappa shape index (κ2) is 10.3. The first kappa shape index (κ1) is 26.9. The molecular formula is C31H32F2N6O2. The number of pyridine rings is 2. The lowest BCUT2D eigenvalue weighted by Crippen LogP contribution is -2.32. The van der Waals surface area contributed by atoms with Crippen molar-refractivity contribution in [1.82, 2.24) is 23.9 Å². The van der Waals surface area contributed by atoms with Crippen molar-refractivity contribution in [2.45, 2.75) is 25.8 Å². The van der Waals surface area contributed by atoms with E-state index >= 15 is 0 Å². The van der Waals surface area contributed by atoms with Gasteiger partial charge in [-0.1, -0.05) is 6.08 Å². The highest BCUT2D eigenvalue weighted by Gasteiger charge is 2.26. The van der Waals surface area contributed by atoms with Crippen LogP contribution in [0, 0.1) is 11.6 Å². The summed E-state index contributed by atoms with van der Waals surface area (Å²) in [7, 11) is 5.05. The van der Waals surface area contributed by atoms with Crippen LogP contribution < -0.4 is 10.9 Å². The van der Waals surface area contributed by atoms with Gasteiger partial charge < -0.3 is 14.8 Å². The summed E-state index contributed by atoms with van der Waals surface area (Å²) in [6.45, 7) is 3.97. The number of fused-ring (bicyclic) bond motifs is 2. The Morgan fingerprint density at radius 3 is 2.56 bits per heavy atom. The van der Waals surface area contributed by atoms with Gasteiger partial charge in [-0.3, -0.25) is 19.1 Å². The number of aromatic nitrogens is 3. The molecule has 0 saturated carbocycles. The summed E-state index contributed by atoms with van der Waals surface area (Å²) in [4.78, 5) is 33.6. The number of aryl methyl sites for hydroxylation is 1. The number of nitrogens with one attached hydrogen (secondary N) is 1. The highest BCUT2D eigenvalue weighted by Crippen LogP contribution is 2.34. The molecule has 0 unspecified atom stereocenters. The molecule has 2 aliphatic heterocycles. The third-order valence-electron chi connectivity index (χ3n) is 8.32. The molecule has 0 saturated heterocycles. The number of amides is 1. The molecule has 4 aromatic rings. The van der Waals surface area contributed by atoms with Crippen molar-refractivity contribution in [2.24, 2.45) is 7.05 Å². The van der Waals surface area contributed by atoms with Gasteiger partial charge in [0.15, 0.2) is 0 Å². The molecule has 1 amide bonds. The van der Waals surface area contributed by atoms with Crippen LogP contribution in [-0.4, -0.2) is 63.6 Å². The van der Waals surface area contributed by atoms with Crippen LogP contribution >= 0.6 is 0 Å². The second-order valence-corrected chi connectivity index (χ2v) is 10.9. The van der Waals surface area contributed by atoms with Gasteiger partial charge in [-0.25, -0.2) is 13.8 Å². The monoisotopic (exact) mass is 558 g/mol. The fourth-order valence-electron chi connectivity index (χ4n) is 6.05. The van der Waals surface area contributed by atoms with E-state index in [0.29, 0.717) is 31.5 Å². The van der Waals surface area contributed by atoms with Crippen molar-refractivity contribution >= 4 is 28.2 Å². The largest absolute Gasteiger partial charge is 0.384 e. The van der Waals surface area contributed by atoms with E-state index in [9.17, 15) is 18.4 Å². The number of carbonyl (C=O) groups excluding carboxylic acids is 1. The summed E-state index contributed by atoms with van der Waals surface area (Å²) in [6, 6.07) is 8.09. The van der Waals surface area contributed by atoms with Crippen molar-refractivity contribution in [2.75, 3.05) is 39.0 Å². The molecule has 1 aromatic carbocycles. The van der Waals surface area contributed by atoms with Crippen molar-refractivity contribution < 1.29 is 13.6 Å². The minimum Gasteiger partial charge on any atom is -0.384 e. The third kappa shape index (κ3) is 4.52. The molecule has 212 valence electrons. The van der Waals surface area contributed by atoms with Gasteiger partial charge in [-0.05, 0) is 55.7 Å². The molecule has 0 aliphatic carbocycles. The molecule has 0 spiro atoms. The van der Waals surface area contributed by atoms with Gasteiger partial charge in [0.2, 0.25) is 0 Å². The maximum atomic E-state index is 15.0. The van der Waals surface area contributed by atoms with Crippen LogP contribution in [0.2, 0.25) is 0 Å². The topological polar surface area (TPSA) is 75.4 Å². The maximum absolute atomic E-state index is 15.0. The Labute approximate surface area is 236 Å². The molecule has 5 heterocycles. The first-order valence-corrected chi connectivity index (χ1v) is 13.7. The molecule has 3 aromatic heterocycles. The molecule has 0 bridgehead atoms. The minimum absolute atomic E-state index is 0.0111. The Kier molecular flexibility index (Phi) is 6.73. The number of rotatable bonds is 5. The molecule has 0 fully saturated rings. The van der Waals surface area contributed by atoms with E-state index < -0.39 is 17.5 Å². The Bertz CT molecular complexity index is 1760. The Hall–Kier alpha value is -4.31. The van der Waals surface area contributed by atoms with Gasteiger partial charge >= 0.3 is 0 Å². The average Bonchev–Trinajstić information content (AvgIpc) is 3.58. The highest BCUT2D eigenvalue weighted by atomic mass is 19.1. The first-order chi connectivity index (χ1) is 19.7. The molecule has 10 heteroatoms. The predicted molar refractivity (Wildman–Crippen MR) is 155 cm³/mol. The lowest BCUT2D eigenvalue weighted by Gasteiger charge is -2.32. The summed E-state index contributed by atoms with van der Waals surface area (Å²) in [5.41, 5.74) is 4.77. The Morgan fingerprint density at radius 1 is 1.12 bits per heavy atom. The van der Waals surface area contributed by atoms with Gasteiger partial charge in [0, 0.05) is 92.7 Å². The number of halogens is 2. The number of hydrogen-bond donors (Lipinski definition) is 1. The number of benzene rings is 1. The molecular weight excluding hydrogens is 526 g/mol. The lowest BCUT2D eigenvalue weighted by atomic mass is 9.96. The van der Waals surface area contributed by atoms with Crippen LogP contribution in [0.25, 0.3) is 22.3 Å². The Balaban J connectivity index is 1.28. The van der Waals surface area contributed by atoms with Gasteiger partial charge in [-0.2, -0.15) is 0 Å². The van der Waals surface area contributed by atoms with Crippen molar-refractivity contribution in [3.8, 4) is 5.69 Å². The third-order valence-corrected chi connectivity index (χ3v) is 8.32. The fraction of sp³-hybridized carbons (Fsp3) is 0.323. The standard InChI is InChI=1S/C31H32F2N6O2/c1-18(38-12-7-19(8-13-38)28-23(32)15-20(16-24(28)33)30(40)36(2)3)27-17-22-26(6-11-35-29(22)37(27)4)39-14-9-25-21(31(39)41)5-10-34-25/h6-7,9,11,14-18,34H,5,8,10,12-13H2,1-4H3/t18-/m1/s1. The summed E-state index contributed by atoms with van der Waals surface area (Å²) in [5, 5.41) is 4.14. The van der Waals surface area contributed by atoms with E-state index in [1.165, 1.54) is 4.90 Å². The normalized spacial score (nSPS) is 15.9. The van der Waals surface area contributed by atoms with E-state index in [4.69, 9.17) is 0 Å². The minimum atomic E-state index is -0.729. The van der Waals surface area contributed by atoms with E-state index in [2.05, 4.69) is 28.2 Å². The van der Waals surface area contributed by atoms with Crippen LogP contribution in [0.4, 0.5) is 14.5 Å². The summed E-state index contributed by atoms with van der Waals surface area (Å²) in [6.07, 6.45) is 6.56. The van der Waals surface area contributed by atoms with Gasteiger partial charge in [0.1, 0.15) is 17.3 Å². The van der Waals surface area contributed by atoms with Gasteiger partial charge in [0.05, 0.1) is 5.69 Å². The van der Waals surface area contributed by atoms with Crippen LogP contribution in [0.1, 0.15) is 46.6 Å². The molecule has 1 N–H and O–H groups in total. The van der Waals surface area contributed by atoms with E-state index in [1.54, 1.807) is 24.9 Å².